The number of hydrogen-bond donors (Lipinski definition) is 2. The second kappa shape index (κ2) is 5.07. The van der Waals surface area contributed by atoms with Crippen LogP contribution in [-0.4, -0.2) is 16.0 Å². The molecule has 0 spiro atoms. The number of aryl methyl sites for hydroxylation is 1. The number of phenols is 1. The molecule has 0 aliphatic rings. The minimum absolute atomic E-state index is 0.168. The lowest BCUT2D eigenvalue weighted by Crippen LogP contribution is -2.12. The molecule has 2 aromatic rings. The number of nitrogens with one attached hydrogen (secondary N) is 1. The topological polar surface area (TPSA) is 62.2 Å². The van der Waals surface area contributed by atoms with Crippen molar-refractivity contribution < 1.29 is 9.90 Å². The van der Waals surface area contributed by atoms with E-state index in [0.29, 0.717) is 20.0 Å². The Bertz CT molecular complexity index is 610. The lowest BCUT2D eigenvalue weighted by Gasteiger charge is -2.11. The zero-order valence-electron chi connectivity index (χ0n) is 9.82. The molecule has 6 heteroatoms. The van der Waals surface area contributed by atoms with Gasteiger partial charge >= 0.3 is 0 Å². The van der Waals surface area contributed by atoms with E-state index in [1.807, 2.05) is 6.92 Å². The van der Waals surface area contributed by atoms with E-state index < -0.39 is 0 Å². The van der Waals surface area contributed by atoms with Gasteiger partial charge in [-0.15, -0.1) is 11.3 Å². The Hall–Kier alpha value is -1.40. The van der Waals surface area contributed by atoms with Gasteiger partial charge in [0.15, 0.2) is 3.92 Å². The van der Waals surface area contributed by atoms with Crippen LogP contribution in [0.4, 0.5) is 5.69 Å². The maximum Gasteiger partial charge on any atom is 0.267 e. The molecule has 18 heavy (non-hydrogen) atoms. The van der Waals surface area contributed by atoms with Gasteiger partial charge in [-0.1, -0.05) is 6.07 Å². The van der Waals surface area contributed by atoms with E-state index in [9.17, 15) is 9.90 Å². The largest absolute Gasteiger partial charge is 0.508 e. The van der Waals surface area contributed by atoms with Crippen molar-refractivity contribution in [1.29, 1.82) is 0 Å². The number of anilines is 1. The minimum atomic E-state index is -0.227. The zero-order valence-corrected chi connectivity index (χ0v) is 12.2. The lowest BCUT2D eigenvalue weighted by atomic mass is 10.1. The summed E-state index contributed by atoms with van der Waals surface area (Å²) in [5.41, 5.74) is 2.21. The predicted octanol–water partition coefficient (Wildman–Crippen LogP) is 3.48. The summed E-state index contributed by atoms with van der Waals surface area (Å²) < 4.78 is 0.664. The van der Waals surface area contributed by atoms with E-state index in [1.54, 1.807) is 19.1 Å². The molecule has 2 N–H and O–H groups in total. The first-order valence-corrected chi connectivity index (χ1v) is 6.82. The highest BCUT2D eigenvalue weighted by Crippen LogP contribution is 2.29. The first kappa shape index (κ1) is 13.0. The molecule has 0 fully saturated rings. The highest BCUT2D eigenvalue weighted by atomic mass is 79.9. The summed E-state index contributed by atoms with van der Waals surface area (Å²) in [5, 5.41) is 12.4. The van der Waals surface area contributed by atoms with Crippen LogP contribution in [0.2, 0.25) is 0 Å². The number of benzene rings is 1. The van der Waals surface area contributed by atoms with Crippen molar-refractivity contribution in [3.63, 3.8) is 0 Å². The number of hydrogen-bond acceptors (Lipinski definition) is 4. The van der Waals surface area contributed by atoms with Crippen LogP contribution >= 0.6 is 27.3 Å². The smallest absolute Gasteiger partial charge is 0.267 e. The summed E-state index contributed by atoms with van der Waals surface area (Å²) in [6.45, 7) is 3.64. The fraction of sp³-hybridized carbons (Fsp3) is 0.167. The van der Waals surface area contributed by atoms with Gasteiger partial charge in [0.05, 0.1) is 11.9 Å². The number of carbonyl (C=O) groups is 1. The van der Waals surface area contributed by atoms with E-state index in [2.05, 4.69) is 26.2 Å². The normalized spacial score (nSPS) is 10.4. The number of aromatic hydroxyl groups is 1. The van der Waals surface area contributed by atoms with Gasteiger partial charge in [0, 0.05) is 5.56 Å². The molecule has 1 aromatic carbocycles. The number of thiazole rings is 1. The second-order valence-electron chi connectivity index (χ2n) is 3.83. The standard InChI is InChI=1S/C12H11BrN2O2S/c1-6-3-4-8(16)7(2)10(6)15-11(17)9-5-14-12(13)18-9/h3-5,16H,1-2H3,(H,15,17). The molecule has 4 nitrogen and oxygen atoms in total. The third kappa shape index (κ3) is 2.54. The molecule has 0 unspecified atom stereocenters. The number of nitrogens with zero attached hydrogens (tertiary/aromatic N) is 1. The van der Waals surface area contributed by atoms with Crippen LogP contribution in [0.1, 0.15) is 20.8 Å². The van der Waals surface area contributed by atoms with E-state index in [4.69, 9.17) is 0 Å². The molecule has 1 aromatic heterocycles. The molecule has 0 saturated heterocycles. The van der Waals surface area contributed by atoms with Crippen molar-refractivity contribution in [3.8, 4) is 5.75 Å². The van der Waals surface area contributed by atoms with Gasteiger partial charge in [0.2, 0.25) is 0 Å². The number of halogens is 1. The van der Waals surface area contributed by atoms with Crippen molar-refractivity contribution in [2.75, 3.05) is 5.32 Å². The van der Waals surface area contributed by atoms with Crippen molar-refractivity contribution >= 4 is 38.9 Å². The number of amides is 1. The van der Waals surface area contributed by atoms with Gasteiger partial charge in [0.25, 0.3) is 5.91 Å². The van der Waals surface area contributed by atoms with Crippen LogP contribution in [0.3, 0.4) is 0 Å². The average Bonchev–Trinajstić information content (AvgIpc) is 2.76. The fourth-order valence-electron chi connectivity index (χ4n) is 1.56. The van der Waals surface area contributed by atoms with Gasteiger partial charge in [-0.05, 0) is 41.4 Å². The molecule has 0 aliphatic heterocycles. The molecule has 94 valence electrons. The molecule has 1 heterocycles. The Kier molecular flexibility index (Phi) is 3.68. The maximum atomic E-state index is 12.0. The van der Waals surface area contributed by atoms with E-state index in [0.717, 1.165) is 5.56 Å². The molecule has 1 amide bonds. The second-order valence-corrected chi connectivity index (χ2v) is 6.14. The van der Waals surface area contributed by atoms with E-state index >= 15 is 0 Å². The van der Waals surface area contributed by atoms with Crippen molar-refractivity contribution in [2.45, 2.75) is 13.8 Å². The molecule has 0 aliphatic carbocycles. The van der Waals surface area contributed by atoms with Gasteiger partial charge in [0.1, 0.15) is 10.6 Å². The maximum absolute atomic E-state index is 12.0. The highest BCUT2D eigenvalue weighted by molar-refractivity contribution is 9.11. The van der Waals surface area contributed by atoms with Crippen molar-refractivity contribution in [2.24, 2.45) is 0 Å². The Morgan fingerprint density at radius 2 is 2.17 bits per heavy atom. The quantitative estimate of drug-likeness (QED) is 0.888. The average molecular weight is 327 g/mol. The van der Waals surface area contributed by atoms with Crippen LogP contribution in [0.25, 0.3) is 0 Å². The molecule has 0 radical (unpaired) electrons. The Labute approximate surface area is 117 Å². The summed E-state index contributed by atoms with van der Waals surface area (Å²) in [5.74, 6) is -0.0589. The first-order valence-electron chi connectivity index (χ1n) is 5.21. The summed E-state index contributed by atoms with van der Waals surface area (Å²) in [4.78, 5) is 16.5. The third-order valence-electron chi connectivity index (χ3n) is 2.58. The van der Waals surface area contributed by atoms with Crippen LogP contribution in [0, 0.1) is 13.8 Å². The monoisotopic (exact) mass is 326 g/mol. The number of carbonyl (C=O) groups excluding carboxylic acids is 1. The van der Waals surface area contributed by atoms with E-state index in [1.165, 1.54) is 17.5 Å². The number of rotatable bonds is 2. The van der Waals surface area contributed by atoms with E-state index in [-0.39, 0.29) is 11.7 Å². The fourth-order valence-corrected chi connectivity index (χ4v) is 2.72. The van der Waals surface area contributed by atoms with Crippen LogP contribution in [0.5, 0.6) is 5.75 Å². The van der Waals surface area contributed by atoms with Gasteiger partial charge in [-0.2, -0.15) is 0 Å². The molecular formula is C12H11BrN2O2S. The van der Waals surface area contributed by atoms with Crippen molar-refractivity contribution in [1.82, 2.24) is 4.98 Å². The molecule has 0 saturated carbocycles. The van der Waals surface area contributed by atoms with Gasteiger partial charge in [-0.3, -0.25) is 4.79 Å². The molecular weight excluding hydrogens is 316 g/mol. The van der Waals surface area contributed by atoms with Crippen LogP contribution < -0.4 is 5.32 Å². The predicted molar refractivity (Wildman–Crippen MR) is 75.3 cm³/mol. The Balaban J connectivity index is 2.30. The van der Waals surface area contributed by atoms with Crippen LogP contribution in [-0.2, 0) is 0 Å². The summed E-state index contributed by atoms with van der Waals surface area (Å²) in [6, 6.07) is 3.38. The molecule has 0 bridgehead atoms. The molecule has 0 atom stereocenters. The zero-order chi connectivity index (χ0) is 13.3. The molecule has 2 rings (SSSR count). The SMILES string of the molecule is Cc1ccc(O)c(C)c1NC(=O)c1cnc(Br)s1. The van der Waals surface area contributed by atoms with Crippen molar-refractivity contribution in [3.05, 3.63) is 38.3 Å². The van der Waals surface area contributed by atoms with Crippen LogP contribution in [0.15, 0.2) is 22.2 Å². The third-order valence-corrected chi connectivity index (χ3v) is 4.06. The Morgan fingerprint density at radius 3 is 2.78 bits per heavy atom. The van der Waals surface area contributed by atoms with Gasteiger partial charge in [-0.25, -0.2) is 4.98 Å². The summed E-state index contributed by atoms with van der Waals surface area (Å²) >= 11 is 4.48. The Morgan fingerprint density at radius 1 is 1.44 bits per heavy atom. The summed E-state index contributed by atoms with van der Waals surface area (Å²) in [7, 11) is 0. The number of phenolic OH excluding ortho intramolecular Hbond substituents is 1. The highest BCUT2D eigenvalue weighted by Gasteiger charge is 2.14. The lowest BCUT2D eigenvalue weighted by molar-refractivity contribution is 0.103. The first-order chi connectivity index (χ1) is 8.49. The summed E-state index contributed by atoms with van der Waals surface area (Å²) in [6.07, 6.45) is 1.51. The number of aromatic nitrogens is 1. The minimum Gasteiger partial charge on any atom is -0.508 e. The van der Waals surface area contributed by atoms with Gasteiger partial charge < -0.3 is 10.4 Å².